The molecule has 1 aliphatic heterocycles. The minimum absolute atomic E-state index is 0.249. The lowest BCUT2D eigenvalue weighted by Gasteiger charge is -2.15. The first-order chi connectivity index (χ1) is 10.1. The SMILES string of the molecule is Cc1cccc(-c2nnc(CN3CCC(C(C)O)C3)o2)c1. The van der Waals surface area contributed by atoms with E-state index in [4.69, 9.17) is 4.42 Å². The minimum atomic E-state index is -0.249. The summed E-state index contributed by atoms with van der Waals surface area (Å²) >= 11 is 0. The maximum atomic E-state index is 9.64. The Morgan fingerprint density at radius 1 is 1.43 bits per heavy atom. The van der Waals surface area contributed by atoms with Crippen molar-refractivity contribution in [3.63, 3.8) is 0 Å². The Hall–Kier alpha value is -1.72. The summed E-state index contributed by atoms with van der Waals surface area (Å²) in [5, 5.41) is 17.9. The summed E-state index contributed by atoms with van der Waals surface area (Å²) in [6.07, 6.45) is 0.775. The molecule has 0 radical (unpaired) electrons. The van der Waals surface area contributed by atoms with Crippen LogP contribution in [0, 0.1) is 12.8 Å². The van der Waals surface area contributed by atoms with Crippen LogP contribution >= 0.6 is 0 Å². The predicted molar refractivity (Wildman–Crippen MR) is 79.5 cm³/mol. The molecule has 0 aliphatic carbocycles. The zero-order valence-electron chi connectivity index (χ0n) is 12.5. The van der Waals surface area contributed by atoms with Gasteiger partial charge in [0.05, 0.1) is 12.6 Å². The summed E-state index contributed by atoms with van der Waals surface area (Å²) in [5.41, 5.74) is 2.13. The molecule has 1 fully saturated rings. The maximum Gasteiger partial charge on any atom is 0.247 e. The molecule has 1 aromatic carbocycles. The van der Waals surface area contributed by atoms with Gasteiger partial charge in [-0.3, -0.25) is 4.90 Å². The molecular formula is C16H21N3O2. The molecule has 0 spiro atoms. The van der Waals surface area contributed by atoms with Gasteiger partial charge in [-0.2, -0.15) is 0 Å². The predicted octanol–water partition coefficient (Wildman–Crippen LogP) is 2.25. The highest BCUT2D eigenvalue weighted by Gasteiger charge is 2.27. The molecule has 21 heavy (non-hydrogen) atoms. The van der Waals surface area contributed by atoms with E-state index in [2.05, 4.69) is 15.1 Å². The number of likely N-dealkylation sites (tertiary alicyclic amines) is 1. The van der Waals surface area contributed by atoms with Crippen LogP contribution in [0.4, 0.5) is 0 Å². The molecule has 1 aromatic heterocycles. The number of benzene rings is 1. The van der Waals surface area contributed by atoms with Gasteiger partial charge in [0.1, 0.15) is 0 Å². The molecule has 1 N–H and O–H groups in total. The van der Waals surface area contributed by atoms with Crippen molar-refractivity contribution in [3.8, 4) is 11.5 Å². The Balaban J connectivity index is 1.66. The lowest BCUT2D eigenvalue weighted by Crippen LogP contribution is -2.24. The Morgan fingerprint density at radius 3 is 3.00 bits per heavy atom. The van der Waals surface area contributed by atoms with Crippen LogP contribution in [0.5, 0.6) is 0 Å². The van der Waals surface area contributed by atoms with Crippen molar-refractivity contribution >= 4 is 0 Å². The van der Waals surface area contributed by atoms with E-state index < -0.39 is 0 Å². The van der Waals surface area contributed by atoms with E-state index in [-0.39, 0.29) is 6.10 Å². The van der Waals surface area contributed by atoms with Gasteiger partial charge < -0.3 is 9.52 Å². The highest BCUT2D eigenvalue weighted by Crippen LogP contribution is 2.23. The number of aliphatic hydroxyl groups excluding tert-OH is 1. The average Bonchev–Trinajstić information content (AvgIpc) is 3.08. The molecule has 1 saturated heterocycles. The van der Waals surface area contributed by atoms with Gasteiger partial charge in [0.2, 0.25) is 11.8 Å². The van der Waals surface area contributed by atoms with Gasteiger partial charge in [-0.15, -0.1) is 10.2 Å². The monoisotopic (exact) mass is 287 g/mol. The van der Waals surface area contributed by atoms with Crippen LogP contribution in [0.25, 0.3) is 11.5 Å². The summed E-state index contributed by atoms with van der Waals surface area (Å²) in [6, 6.07) is 8.05. The van der Waals surface area contributed by atoms with E-state index in [1.807, 2.05) is 38.1 Å². The van der Waals surface area contributed by atoms with Crippen molar-refractivity contribution in [3.05, 3.63) is 35.7 Å². The molecule has 1 aliphatic rings. The maximum absolute atomic E-state index is 9.64. The average molecular weight is 287 g/mol. The fourth-order valence-corrected chi connectivity index (χ4v) is 2.80. The molecule has 3 rings (SSSR count). The Labute approximate surface area is 124 Å². The van der Waals surface area contributed by atoms with Gasteiger partial charge in [-0.1, -0.05) is 17.7 Å². The van der Waals surface area contributed by atoms with Gasteiger partial charge in [-0.05, 0) is 44.9 Å². The number of rotatable bonds is 4. The molecule has 2 heterocycles. The van der Waals surface area contributed by atoms with E-state index in [0.717, 1.165) is 25.1 Å². The van der Waals surface area contributed by atoms with Crippen molar-refractivity contribution in [2.75, 3.05) is 13.1 Å². The number of hydrogen-bond donors (Lipinski definition) is 1. The molecular weight excluding hydrogens is 266 g/mol. The standard InChI is InChI=1S/C16H21N3O2/c1-11-4-3-5-13(8-11)16-18-17-15(21-16)10-19-7-6-14(9-19)12(2)20/h3-5,8,12,14,20H,6-7,9-10H2,1-2H3. The molecule has 0 saturated carbocycles. The van der Waals surface area contributed by atoms with Crippen LogP contribution in [0.3, 0.4) is 0 Å². The zero-order chi connectivity index (χ0) is 14.8. The zero-order valence-corrected chi connectivity index (χ0v) is 12.5. The van der Waals surface area contributed by atoms with E-state index in [1.165, 1.54) is 5.56 Å². The molecule has 0 bridgehead atoms. The third-order valence-electron chi connectivity index (χ3n) is 4.08. The van der Waals surface area contributed by atoms with Crippen molar-refractivity contribution < 1.29 is 9.52 Å². The summed E-state index contributed by atoms with van der Waals surface area (Å²) in [4.78, 5) is 2.25. The number of nitrogens with zero attached hydrogens (tertiary/aromatic N) is 3. The van der Waals surface area contributed by atoms with Crippen LogP contribution in [0.2, 0.25) is 0 Å². The van der Waals surface area contributed by atoms with E-state index in [1.54, 1.807) is 0 Å². The quantitative estimate of drug-likeness (QED) is 0.934. The van der Waals surface area contributed by atoms with Crippen molar-refractivity contribution in [2.45, 2.75) is 32.9 Å². The first-order valence-electron chi connectivity index (χ1n) is 7.41. The first kappa shape index (κ1) is 14.2. The highest BCUT2D eigenvalue weighted by atomic mass is 16.4. The number of hydrogen-bond acceptors (Lipinski definition) is 5. The fourth-order valence-electron chi connectivity index (χ4n) is 2.80. The van der Waals surface area contributed by atoms with Gasteiger partial charge >= 0.3 is 0 Å². The van der Waals surface area contributed by atoms with E-state index in [9.17, 15) is 5.11 Å². The van der Waals surface area contributed by atoms with Crippen LogP contribution in [0.1, 0.15) is 24.8 Å². The Morgan fingerprint density at radius 2 is 2.29 bits per heavy atom. The number of aliphatic hydroxyl groups is 1. The molecule has 0 amide bonds. The van der Waals surface area contributed by atoms with Crippen LogP contribution < -0.4 is 0 Å². The van der Waals surface area contributed by atoms with Crippen molar-refractivity contribution in [1.82, 2.24) is 15.1 Å². The third kappa shape index (κ3) is 3.31. The topological polar surface area (TPSA) is 62.4 Å². The Bertz CT molecular complexity index is 609. The second-order valence-corrected chi connectivity index (χ2v) is 5.89. The van der Waals surface area contributed by atoms with Crippen LogP contribution in [-0.2, 0) is 6.54 Å². The van der Waals surface area contributed by atoms with Crippen LogP contribution in [-0.4, -0.2) is 39.4 Å². The van der Waals surface area contributed by atoms with E-state index in [0.29, 0.717) is 24.2 Å². The van der Waals surface area contributed by atoms with Gasteiger partial charge in [0, 0.05) is 12.1 Å². The summed E-state index contributed by atoms with van der Waals surface area (Å²) < 4.78 is 5.76. The molecule has 2 unspecified atom stereocenters. The summed E-state index contributed by atoms with van der Waals surface area (Å²) in [6.45, 7) is 6.41. The van der Waals surface area contributed by atoms with Gasteiger partial charge in [-0.25, -0.2) is 0 Å². The molecule has 2 atom stereocenters. The second-order valence-electron chi connectivity index (χ2n) is 5.89. The third-order valence-corrected chi connectivity index (χ3v) is 4.08. The summed E-state index contributed by atoms with van der Waals surface area (Å²) in [5.74, 6) is 1.56. The Kier molecular flexibility index (Phi) is 4.03. The second kappa shape index (κ2) is 5.95. The molecule has 5 heteroatoms. The van der Waals surface area contributed by atoms with E-state index >= 15 is 0 Å². The van der Waals surface area contributed by atoms with Crippen molar-refractivity contribution in [2.24, 2.45) is 5.92 Å². The highest BCUT2D eigenvalue weighted by molar-refractivity contribution is 5.53. The van der Waals surface area contributed by atoms with Gasteiger partial charge in [0.15, 0.2) is 0 Å². The number of aryl methyl sites for hydroxylation is 1. The normalized spacial score (nSPS) is 20.8. The fraction of sp³-hybridized carbons (Fsp3) is 0.500. The van der Waals surface area contributed by atoms with Crippen LogP contribution in [0.15, 0.2) is 28.7 Å². The number of aromatic nitrogens is 2. The smallest absolute Gasteiger partial charge is 0.247 e. The van der Waals surface area contributed by atoms with Gasteiger partial charge in [0.25, 0.3) is 0 Å². The molecule has 112 valence electrons. The van der Waals surface area contributed by atoms with Crippen molar-refractivity contribution in [1.29, 1.82) is 0 Å². The largest absolute Gasteiger partial charge is 0.419 e. The molecule has 5 nitrogen and oxygen atoms in total. The first-order valence-corrected chi connectivity index (χ1v) is 7.41. The molecule has 2 aromatic rings. The minimum Gasteiger partial charge on any atom is -0.419 e. The lowest BCUT2D eigenvalue weighted by atomic mass is 10.0. The lowest BCUT2D eigenvalue weighted by molar-refractivity contribution is 0.126. The summed E-state index contributed by atoms with van der Waals surface area (Å²) in [7, 11) is 0.